The van der Waals surface area contributed by atoms with E-state index in [4.69, 9.17) is 10.5 Å². The summed E-state index contributed by atoms with van der Waals surface area (Å²) in [7, 11) is 0. The fraction of sp³-hybridized carbons (Fsp3) is 0.538. The van der Waals surface area contributed by atoms with Crippen LogP contribution < -0.4 is 5.73 Å². The summed E-state index contributed by atoms with van der Waals surface area (Å²) < 4.78 is 6.98. The molecule has 0 saturated heterocycles. The lowest BCUT2D eigenvalue weighted by atomic mass is 9.93. The van der Waals surface area contributed by atoms with Crippen LogP contribution in [0.5, 0.6) is 0 Å². The van der Waals surface area contributed by atoms with Gasteiger partial charge in [0, 0.05) is 10.5 Å². The van der Waals surface area contributed by atoms with Crippen molar-refractivity contribution in [1.82, 2.24) is 0 Å². The molecular weight excluding hydrogens is 266 g/mol. The molecule has 0 amide bonds. The van der Waals surface area contributed by atoms with Gasteiger partial charge in [0.1, 0.15) is 0 Å². The predicted octanol–water partition coefficient (Wildman–Crippen LogP) is 3.24. The SMILES string of the molecule is N[C@H]1CCCC[C@@H]1OCc1ccc(Br)cc1. The van der Waals surface area contributed by atoms with Crippen molar-refractivity contribution in [1.29, 1.82) is 0 Å². The summed E-state index contributed by atoms with van der Waals surface area (Å²) in [6, 6.07) is 8.47. The van der Waals surface area contributed by atoms with E-state index in [0.29, 0.717) is 6.61 Å². The van der Waals surface area contributed by atoms with Crippen LogP contribution in [0.3, 0.4) is 0 Å². The minimum Gasteiger partial charge on any atom is -0.372 e. The van der Waals surface area contributed by atoms with E-state index >= 15 is 0 Å². The molecule has 16 heavy (non-hydrogen) atoms. The van der Waals surface area contributed by atoms with Crippen molar-refractivity contribution < 1.29 is 4.74 Å². The highest BCUT2D eigenvalue weighted by Gasteiger charge is 2.21. The zero-order valence-corrected chi connectivity index (χ0v) is 10.9. The summed E-state index contributed by atoms with van der Waals surface area (Å²) in [5, 5.41) is 0. The number of nitrogens with two attached hydrogens (primary N) is 1. The average molecular weight is 284 g/mol. The standard InChI is InChI=1S/C13H18BrNO/c14-11-7-5-10(6-8-11)9-16-13-4-2-1-3-12(13)15/h5-8,12-13H,1-4,9,15H2/t12-,13-/m0/s1. The van der Waals surface area contributed by atoms with E-state index in [2.05, 4.69) is 28.1 Å². The molecule has 1 aliphatic carbocycles. The van der Waals surface area contributed by atoms with Crippen LogP contribution in [0, 0.1) is 0 Å². The monoisotopic (exact) mass is 283 g/mol. The molecule has 1 aliphatic rings. The van der Waals surface area contributed by atoms with Crippen molar-refractivity contribution in [3.8, 4) is 0 Å². The lowest BCUT2D eigenvalue weighted by Crippen LogP contribution is -2.39. The van der Waals surface area contributed by atoms with Gasteiger partial charge in [-0.3, -0.25) is 0 Å². The normalized spacial score (nSPS) is 25.6. The van der Waals surface area contributed by atoms with E-state index in [9.17, 15) is 0 Å². The number of hydrogen-bond donors (Lipinski definition) is 1. The molecule has 0 heterocycles. The first-order chi connectivity index (χ1) is 7.75. The maximum atomic E-state index is 6.03. The van der Waals surface area contributed by atoms with Gasteiger partial charge in [-0.2, -0.15) is 0 Å². The lowest BCUT2D eigenvalue weighted by Gasteiger charge is -2.28. The Labute approximate surface area is 105 Å². The van der Waals surface area contributed by atoms with E-state index in [-0.39, 0.29) is 12.1 Å². The summed E-state index contributed by atoms with van der Waals surface area (Å²) in [6.45, 7) is 0.672. The van der Waals surface area contributed by atoms with E-state index in [1.807, 2.05) is 12.1 Å². The van der Waals surface area contributed by atoms with Crippen LogP contribution in [0.2, 0.25) is 0 Å². The van der Waals surface area contributed by atoms with Gasteiger partial charge in [0.15, 0.2) is 0 Å². The van der Waals surface area contributed by atoms with Gasteiger partial charge in [0.05, 0.1) is 12.7 Å². The molecule has 2 nitrogen and oxygen atoms in total. The minimum absolute atomic E-state index is 0.226. The third-order valence-corrected chi connectivity index (χ3v) is 3.66. The molecule has 0 spiro atoms. The van der Waals surface area contributed by atoms with Crippen molar-refractivity contribution in [2.24, 2.45) is 5.73 Å². The van der Waals surface area contributed by atoms with E-state index in [0.717, 1.165) is 17.3 Å². The Bertz CT molecular complexity index is 325. The minimum atomic E-state index is 0.226. The number of rotatable bonds is 3. The first-order valence-corrected chi connectivity index (χ1v) is 6.66. The second-order valence-electron chi connectivity index (χ2n) is 4.42. The van der Waals surface area contributed by atoms with Crippen LogP contribution >= 0.6 is 15.9 Å². The van der Waals surface area contributed by atoms with Crippen LogP contribution in [0.25, 0.3) is 0 Å². The molecule has 88 valence electrons. The Kier molecular flexibility index (Phi) is 4.38. The predicted molar refractivity (Wildman–Crippen MR) is 69.2 cm³/mol. The van der Waals surface area contributed by atoms with E-state index < -0.39 is 0 Å². The van der Waals surface area contributed by atoms with Gasteiger partial charge in [0.25, 0.3) is 0 Å². The highest BCUT2D eigenvalue weighted by molar-refractivity contribution is 9.10. The Morgan fingerprint density at radius 2 is 1.88 bits per heavy atom. The zero-order chi connectivity index (χ0) is 11.4. The first kappa shape index (κ1) is 12.1. The fourth-order valence-electron chi connectivity index (χ4n) is 2.12. The van der Waals surface area contributed by atoms with Gasteiger partial charge in [-0.15, -0.1) is 0 Å². The van der Waals surface area contributed by atoms with Crippen LogP contribution in [0.1, 0.15) is 31.2 Å². The number of halogens is 1. The molecule has 0 aliphatic heterocycles. The maximum absolute atomic E-state index is 6.03. The van der Waals surface area contributed by atoms with Crippen LogP contribution in [-0.2, 0) is 11.3 Å². The molecule has 0 unspecified atom stereocenters. The largest absolute Gasteiger partial charge is 0.372 e. The lowest BCUT2D eigenvalue weighted by molar-refractivity contribution is 0.00404. The number of ether oxygens (including phenoxy) is 1. The van der Waals surface area contributed by atoms with Gasteiger partial charge < -0.3 is 10.5 Å². The van der Waals surface area contributed by atoms with E-state index in [1.165, 1.54) is 18.4 Å². The van der Waals surface area contributed by atoms with Gasteiger partial charge in [-0.05, 0) is 30.5 Å². The quantitative estimate of drug-likeness (QED) is 0.924. The summed E-state index contributed by atoms with van der Waals surface area (Å²) >= 11 is 3.42. The highest BCUT2D eigenvalue weighted by atomic mass is 79.9. The molecule has 1 aromatic carbocycles. The number of hydrogen-bond acceptors (Lipinski definition) is 2. The van der Waals surface area contributed by atoms with Gasteiger partial charge in [-0.25, -0.2) is 0 Å². The molecule has 2 N–H and O–H groups in total. The molecule has 0 radical (unpaired) electrons. The van der Waals surface area contributed by atoms with E-state index in [1.54, 1.807) is 0 Å². The fourth-order valence-corrected chi connectivity index (χ4v) is 2.38. The molecule has 2 atom stereocenters. The summed E-state index contributed by atoms with van der Waals surface area (Å²) in [5.74, 6) is 0. The van der Waals surface area contributed by atoms with Gasteiger partial charge in [0.2, 0.25) is 0 Å². The Morgan fingerprint density at radius 3 is 2.56 bits per heavy atom. The third-order valence-electron chi connectivity index (χ3n) is 3.13. The highest BCUT2D eigenvalue weighted by Crippen LogP contribution is 2.21. The molecule has 0 aromatic heterocycles. The van der Waals surface area contributed by atoms with Crippen LogP contribution in [-0.4, -0.2) is 12.1 Å². The van der Waals surface area contributed by atoms with Crippen molar-refractivity contribution in [2.45, 2.75) is 44.4 Å². The number of benzene rings is 1. The van der Waals surface area contributed by atoms with Crippen molar-refractivity contribution in [3.05, 3.63) is 34.3 Å². The first-order valence-electron chi connectivity index (χ1n) is 5.87. The topological polar surface area (TPSA) is 35.2 Å². The molecule has 1 fully saturated rings. The summed E-state index contributed by atoms with van der Waals surface area (Å²) in [4.78, 5) is 0. The maximum Gasteiger partial charge on any atom is 0.0730 e. The molecule has 1 aromatic rings. The average Bonchev–Trinajstić information content (AvgIpc) is 2.30. The molecule has 1 saturated carbocycles. The van der Waals surface area contributed by atoms with Crippen molar-refractivity contribution in [2.75, 3.05) is 0 Å². The second kappa shape index (κ2) is 5.80. The zero-order valence-electron chi connectivity index (χ0n) is 9.36. The summed E-state index contributed by atoms with van der Waals surface area (Å²) in [6.07, 6.45) is 4.96. The van der Waals surface area contributed by atoms with Crippen molar-refractivity contribution >= 4 is 15.9 Å². The van der Waals surface area contributed by atoms with Gasteiger partial charge >= 0.3 is 0 Å². The third kappa shape index (κ3) is 3.30. The van der Waals surface area contributed by atoms with Crippen LogP contribution in [0.15, 0.2) is 28.7 Å². The molecule has 0 bridgehead atoms. The summed E-state index contributed by atoms with van der Waals surface area (Å²) in [5.41, 5.74) is 7.24. The Balaban J connectivity index is 1.84. The molecule has 2 rings (SSSR count). The van der Waals surface area contributed by atoms with Gasteiger partial charge in [-0.1, -0.05) is 40.9 Å². The Morgan fingerprint density at radius 1 is 1.19 bits per heavy atom. The molecule has 3 heteroatoms. The van der Waals surface area contributed by atoms with Crippen molar-refractivity contribution in [3.63, 3.8) is 0 Å². The van der Waals surface area contributed by atoms with Crippen LogP contribution in [0.4, 0.5) is 0 Å². The Hall–Kier alpha value is -0.380. The molecular formula is C13H18BrNO. The second-order valence-corrected chi connectivity index (χ2v) is 5.34. The smallest absolute Gasteiger partial charge is 0.0730 e.